The molecule has 29 heavy (non-hydrogen) atoms. The predicted octanol–water partition coefficient (Wildman–Crippen LogP) is 3.13. The van der Waals surface area contributed by atoms with Crippen LogP contribution in [0.4, 0.5) is 0 Å². The molecule has 0 spiro atoms. The van der Waals surface area contributed by atoms with Crippen LogP contribution in [0.1, 0.15) is 59.4 Å². The zero-order chi connectivity index (χ0) is 20.1. The minimum absolute atomic E-state index is 0.110. The van der Waals surface area contributed by atoms with Gasteiger partial charge in [0, 0.05) is 49.3 Å². The van der Waals surface area contributed by atoms with E-state index in [4.69, 9.17) is 5.10 Å². The van der Waals surface area contributed by atoms with E-state index in [2.05, 4.69) is 22.9 Å². The summed E-state index contributed by atoms with van der Waals surface area (Å²) in [7, 11) is 0. The van der Waals surface area contributed by atoms with E-state index in [1.807, 2.05) is 27.9 Å². The van der Waals surface area contributed by atoms with E-state index in [0.29, 0.717) is 18.3 Å². The average Bonchev–Trinajstić information content (AvgIpc) is 2.92. The molecule has 1 atom stereocenters. The van der Waals surface area contributed by atoms with Gasteiger partial charge in [-0.1, -0.05) is 25.0 Å². The van der Waals surface area contributed by atoms with Crippen LogP contribution in [0.5, 0.6) is 0 Å². The minimum Gasteiger partial charge on any atom is -0.337 e. The summed E-state index contributed by atoms with van der Waals surface area (Å²) in [5.41, 5.74) is 4.19. The number of likely N-dealkylation sites (tertiary alicyclic amines) is 1. The largest absolute Gasteiger partial charge is 0.337 e. The van der Waals surface area contributed by atoms with E-state index in [9.17, 15) is 4.79 Å². The first kappa shape index (κ1) is 19.8. The Bertz CT molecular complexity index is 836. The lowest BCUT2D eigenvalue weighted by atomic mass is 9.91. The number of hydrogen-bond acceptors (Lipinski definition) is 4. The van der Waals surface area contributed by atoms with Crippen LogP contribution in [0.25, 0.3) is 0 Å². The van der Waals surface area contributed by atoms with Gasteiger partial charge in [-0.15, -0.1) is 6.58 Å². The molecule has 6 nitrogen and oxygen atoms in total. The molecule has 0 bridgehead atoms. The molecule has 0 aromatic carbocycles. The van der Waals surface area contributed by atoms with Crippen LogP contribution in [0.15, 0.2) is 37.2 Å². The van der Waals surface area contributed by atoms with Gasteiger partial charge in [0.25, 0.3) is 5.91 Å². The van der Waals surface area contributed by atoms with E-state index < -0.39 is 0 Å². The maximum absolute atomic E-state index is 13.3. The fourth-order valence-electron chi connectivity index (χ4n) is 4.50. The monoisotopic (exact) mass is 393 g/mol. The lowest BCUT2D eigenvalue weighted by Gasteiger charge is -2.25. The van der Waals surface area contributed by atoms with Crippen molar-refractivity contribution in [3.63, 3.8) is 0 Å². The molecule has 1 aliphatic heterocycles. The van der Waals surface area contributed by atoms with Crippen molar-refractivity contribution in [2.24, 2.45) is 0 Å². The van der Waals surface area contributed by atoms with E-state index in [0.717, 1.165) is 57.3 Å². The summed E-state index contributed by atoms with van der Waals surface area (Å²) in [4.78, 5) is 19.5. The SMILES string of the molecule is C=CCn1nc(C(=O)N2CCCCCC2)c2c1CC[C@@H](NCc1cccnc1)C2. The Labute approximate surface area is 173 Å². The first-order chi connectivity index (χ1) is 14.3. The van der Waals surface area contributed by atoms with Gasteiger partial charge >= 0.3 is 0 Å². The molecule has 3 heterocycles. The molecule has 1 fully saturated rings. The lowest BCUT2D eigenvalue weighted by Crippen LogP contribution is -2.36. The number of aromatic nitrogens is 3. The zero-order valence-electron chi connectivity index (χ0n) is 17.1. The third-order valence-corrected chi connectivity index (χ3v) is 6.06. The number of pyridine rings is 1. The first-order valence-corrected chi connectivity index (χ1v) is 10.9. The summed E-state index contributed by atoms with van der Waals surface area (Å²) >= 11 is 0. The molecule has 6 heteroatoms. The van der Waals surface area contributed by atoms with Crippen molar-refractivity contribution in [2.45, 2.75) is 64.1 Å². The highest BCUT2D eigenvalue weighted by molar-refractivity contribution is 5.94. The molecular formula is C23H31N5O. The second-order valence-electron chi connectivity index (χ2n) is 8.13. The van der Waals surface area contributed by atoms with Crippen molar-refractivity contribution >= 4 is 5.91 Å². The molecule has 2 aromatic rings. The molecule has 4 rings (SSSR count). The van der Waals surface area contributed by atoms with Gasteiger partial charge in [0.2, 0.25) is 0 Å². The van der Waals surface area contributed by atoms with Crippen molar-refractivity contribution in [1.82, 2.24) is 25.0 Å². The molecule has 1 aliphatic carbocycles. The van der Waals surface area contributed by atoms with Gasteiger partial charge in [-0.3, -0.25) is 14.5 Å². The third-order valence-electron chi connectivity index (χ3n) is 6.06. The van der Waals surface area contributed by atoms with Crippen molar-refractivity contribution in [1.29, 1.82) is 0 Å². The van der Waals surface area contributed by atoms with Crippen LogP contribution in [0, 0.1) is 0 Å². The maximum atomic E-state index is 13.3. The van der Waals surface area contributed by atoms with Gasteiger partial charge in [-0.05, 0) is 43.7 Å². The predicted molar refractivity (Wildman–Crippen MR) is 114 cm³/mol. The Morgan fingerprint density at radius 2 is 2.10 bits per heavy atom. The summed E-state index contributed by atoms with van der Waals surface area (Å²) < 4.78 is 1.99. The molecule has 1 amide bonds. The molecule has 0 saturated carbocycles. The summed E-state index contributed by atoms with van der Waals surface area (Å²) in [6, 6.07) is 4.40. The van der Waals surface area contributed by atoms with Gasteiger partial charge in [0.15, 0.2) is 5.69 Å². The summed E-state index contributed by atoms with van der Waals surface area (Å²) in [5, 5.41) is 8.41. The molecule has 2 aliphatic rings. The highest BCUT2D eigenvalue weighted by atomic mass is 16.2. The van der Waals surface area contributed by atoms with Crippen LogP contribution >= 0.6 is 0 Å². The number of hydrogen-bond donors (Lipinski definition) is 1. The molecule has 0 radical (unpaired) electrons. The number of nitrogens with one attached hydrogen (secondary N) is 1. The van der Waals surface area contributed by atoms with Crippen LogP contribution in [0.2, 0.25) is 0 Å². The lowest BCUT2D eigenvalue weighted by molar-refractivity contribution is 0.0753. The zero-order valence-corrected chi connectivity index (χ0v) is 17.1. The van der Waals surface area contributed by atoms with Crippen molar-refractivity contribution in [3.8, 4) is 0 Å². The Morgan fingerprint density at radius 1 is 1.28 bits per heavy atom. The number of allylic oxidation sites excluding steroid dienone is 1. The Hall–Kier alpha value is -2.47. The van der Waals surface area contributed by atoms with Crippen LogP contribution < -0.4 is 5.32 Å². The van der Waals surface area contributed by atoms with E-state index >= 15 is 0 Å². The number of nitrogens with zero attached hydrogens (tertiary/aromatic N) is 4. The smallest absolute Gasteiger partial charge is 0.274 e. The van der Waals surface area contributed by atoms with Gasteiger partial charge in [-0.25, -0.2) is 0 Å². The van der Waals surface area contributed by atoms with Crippen molar-refractivity contribution in [3.05, 3.63) is 59.7 Å². The standard InChI is InChI=1S/C23H31N5O/c1-2-12-28-21-10-9-19(25-17-18-8-7-11-24-16-18)15-20(21)22(26-28)23(29)27-13-5-3-4-6-14-27/h2,7-8,11,16,19,25H,1,3-6,9-10,12-15,17H2/t19-/m1/s1. The molecule has 1 saturated heterocycles. The Balaban J connectivity index is 1.52. The van der Waals surface area contributed by atoms with Gasteiger partial charge in [0.1, 0.15) is 0 Å². The summed E-state index contributed by atoms with van der Waals surface area (Å²) in [5.74, 6) is 0.110. The van der Waals surface area contributed by atoms with Crippen LogP contribution in [-0.2, 0) is 25.9 Å². The molecular weight excluding hydrogens is 362 g/mol. The summed E-state index contributed by atoms with van der Waals surface area (Å²) in [6.07, 6.45) is 13.0. The number of carbonyl (C=O) groups is 1. The van der Waals surface area contributed by atoms with Gasteiger partial charge in [0.05, 0.1) is 6.54 Å². The van der Waals surface area contributed by atoms with E-state index in [-0.39, 0.29) is 5.91 Å². The fraction of sp³-hybridized carbons (Fsp3) is 0.522. The van der Waals surface area contributed by atoms with Gasteiger partial charge in [-0.2, -0.15) is 5.10 Å². The van der Waals surface area contributed by atoms with Crippen molar-refractivity contribution < 1.29 is 4.79 Å². The molecule has 0 unspecified atom stereocenters. The van der Waals surface area contributed by atoms with E-state index in [1.54, 1.807) is 6.20 Å². The second-order valence-corrected chi connectivity index (χ2v) is 8.13. The third kappa shape index (κ3) is 4.58. The average molecular weight is 394 g/mol. The number of amides is 1. The molecule has 1 N–H and O–H groups in total. The maximum Gasteiger partial charge on any atom is 0.274 e. The van der Waals surface area contributed by atoms with Crippen LogP contribution in [0.3, 0.4) is 0 Å². The number of carbonyl (C=O) groups excluding carboxylic acids is 1. The fourth-order valence-corrected chi connectivity index (χ4v) is 4.50. The van der Waals surface area contributed by atoms with E-state index in [1.165, 1.54) is 24.1 Å². The Morgan fingerprint density at radius 3 is 2.83 bits per heavy atom. The minimum atomic E-state index is 0.110. The number of rotatable bonds is 6. The molecule has 2 aromatic heterocycles. The highest BCUT2D eigenvalue weighted by Crippen LogP contribution is 2.27. The summed E-state index contributed by atoms with van der Waals surface area (Å²) in [6.45, 7) is 7.02. The topological polar surface area (TPSA) is 63.1 Å². The molecule has 154 valence electrons. The normalized spacial score (nSPS) is 19.4. The van der Waals surface area contributed by atoms with Crippen molar-refractivity contribution in [2.75, 3.05) is 13.1 Å². The quantitative estimate of drug-likeness (QED) is 0.766. The number of fused-ring (bicyclic) bond motifs is 1. The Kier molecular flexibility index (Phi) is 6.39. The van der Waals surface area contributed by atoms with Crippen LogP contribution in [-0.4, -0.2) is 44.7 Å². The highest BCUT2D eigenvalue weighted by Gasteiger charge is 2.31. The second kappa shape index (κ2) is 9.35. The van der Waals surface area contributed by atoms with Gasteiger partial charge < -0.3 is 10.2 Å². The first-order valence-electron chi connectivity index (χ1n) is 10.9.